The molecular formula is C7H4ClFO2. The van der Waals surface area contributed by atoms with Gasteiger partial charge >= 0.3 is 0 Å². The molecule has 0 radical (unpaired) electrons. The molecule has 0 aliphatic carbocycles. The first-order valence-corrected chi connectivity index (χ1v) is 3.17. The zero-order valence-electron chi connectivity index (χ0n) is 5.34. The molecule has 0 aliphatic heterocycles. The Morgan fingerprint density at radius 3 is 2.55 bits per heavy atom. The fourth-order valence-corrected chi connectivity index (χ4v) is 0.797. The lowest BCUT2D eigenvalue weighted by Gasteiger charge is -1.95. The Balaban J connectivity index is 3.19. The smallest absolute Gasteiger partial charge is 0.252 e. The van der Waals surface area contributed by atoms with E-state index < -0.39 is 11.1 Å². The van der Waals surface area contributed by atoms with Gasteiger partial charge in [0.1, 0.15) is 11.6 Å². The molecule has 1 rings (SSSR count). The number of carbonyl (C=O) groups is 1. The van der Waals surface area contributed by atoms with Crippen LogP contribution in [-0.2, 0) is 0 Å². The quantitative estimate of drug-likeness (QED) is 0.661. The van der Waals surface area contributed by atoms with Gasteiger partial charge in [-0.1, -0.05) is 0 Å². The van der Waals surface area contributed by atoms with Crippen LogP contribution < -0.4 is 0 Å². The lowest BCUT2D eigenvalue weighted by molar-refractivity contribution is 0.108. The van der Waals surface area contributed by atoms with E-state index in [-0.39, 0.29) is 11.3 Å². The molecule has 0 saturated heterocycles. The van der Waals surface area contributed by atoms with Crippen LogP contribution in [0.25, 0.3) is 0 Å². The minimum atomic E-state index is -0.792. The molecule has 58 valence electrons. The Morgan fingerprint density at radius 2 is 2.09 bits per heavy atom. The predicted molar refractivity (Wildman–Crippen MR) is 38.2 cm³/mol. The molecule has 0 aromatic heterocycles. The van der Waals surface area contributed by atoms with E-state index in [1.165, 1.54) is 0 Å². The second kappa shape index (κ2) is 2.88. The number of aromatic hydroxyl groups is 1. The average Bonchev–Trinajstić information content (AvgIpc) is 1.85. The first-order valence-electron chi connectivity index (χ1n) is 2.79. The summed E-state index contributed by atoms with van der Waals surface area (Å²) in [7, 11) is 0. The fraction of sp³-hybridized carbons (Fsp3) is 0. The third-order valence-electron chi connectivity index (χ3n) is 1.11. The van der Waals surface area contributed by atoms with Gasteiger partial charge in [-0.2, -0.15) is 0 Å². The second-order valence-electron chi connectivity index (χ2n) is 1.97. The van der Waals surface area contributed by atoms with Gasteiger partial charge in [0.15, 0.2) is 0 Å². The molecule has 2 nitrogen and oxygen atoms in total. The molecule has 1 N–H and O–H groups in total. The number of rotatable bonds is 1. The van der Waals surface area contributed by atoms with Gasteiger partial charge in [0, 0.05) is 11.6 Å². The molecule has 0 bridgehead atoms. The fourth-order valence-electron chi connectivity index (χ4n) is 0.688. The van der Waals surface area contributed by atoms with E-state index in [9.17, 15) is 9.18 Å². The van der Waals surface area contributed by atoms with Crippen LogP contribution in [0.1, 0.15) is 10.4 Å². The van der Waals surface area contributed by atoms with Crippen LogP contribution in [0.4, 0.5) is 4.39 Å². The Kier molecular flexibility index (Phi) is 2.10. The van der Waals surface area contributed by atoms with Crippen molar-refractivity contribution in [2.24, 2.45) is 0 Å². The van der Waals surface area contributed by atoms with Crippen LogP contribution in [0.3, 0.4) is 0 Å². The van der Waals surface area contributed by atoms with E-state index in [1.807, 2.05) is 0 Å². The summed E-state index contributed by atoms with van der Waals surface area (Å²) in [5.41, 5.74) is -0.0517. The molecule has 0 heterocycles. The van der Waals surface area contributed by atoms with Crippen molar-refractivity contribution < 1.29 is 14.3 Å². The van der Waals surface area contributed by atoms with Gasteiger partial charge in [-0.3, -0.25) is 4.79 Å². The number of hydrogen-bond acceptors (Lipinski definition) is 2. The molecule has 0 spiro atoms. The Labute approximate surface area is 67.2 Å². The molecule has 0 fully saturated rings. The lowest BCUT2D eigenvalue weighted by atomic mass is 10.2. The highest BCUT2D eigenvalue weighted by Gasteiger charge is 2.04. The SMILES string of the molecule is O=C(Cl)c1cc(O)cc(F)c1. The largest absolute Gasteiger partial charge is 0.508 e. The number of phenolic OH excluding ortho intramolecular Hbond substituents is 1. The van der Waals surface area contributed by atoms with Crippen molar-refractivity contribution in [3.63, 3.8) is 0 Å². The summed E-state index contributed by atoms with van der Waals surface area (Å²) >= 11 is 5.03. The maximum Gasteiger partial charge on any atom is 0.252 e. The van der Waals surface area contributed by atoms with Crippen molar-refractivity contribution in [3.05, 3.63) is 29.6 Å². The number of halogens is 2. The van der Waals surface area contributed by atoms with Crippen molar-refractivity contribution in [1.82, 2.24) is 0 Å². The molecule has 0 atom stereocenters. The van der Waals surface area contributed by atoms with Crippen LogP contribution in [0, 0.1) is 5.82 Å². The number of hydrogen-bond donors (Lipinski definition) is 1. The highest BCUT2D eigenvalue weighted by atomic mass is 35.5. The second-order valence-corrected chi connectivity index (χ2v) is 2.32. The van der Waals surface area contributed by atoms with Crippen LogP contribution in [-0.4, -0.2) is 10.3 Å². The highest BCUT2D eigenvalue weighted by Crippen LogP contribution is 2.15. The van der Waals surface area contributed by atoms with E-state index in [0.29, 0.717) is 0 Å². The summed E-state index contributed by atoms with van der Waals surface area (Å²) in [5.74, 6) is -0.997. The highest BCUT2D eigenvalue weighted by molar-refractivity contribution is 6.67. The van der Waals surface area contributed by atoms with Crippen molar-refractivity contribution in [2.75, 3.05) is 0 Å². The molecule has 0 saturated carbocycles. The third kappa shape index (κ3) is 1.91. The van der Waals surface area contributed by atoms with Gasteiger partial charge in [0.25, 0.3) is 5.24 Å². The summed E-state index contributed by atoms with van der Waals surface area (Å²) < 4.78 is 12.4. The predicted octanol–water partition coefficient (Wildman–Crippen LogP) is 1.91. The molecule has 0 aliphatic rings. The van der Waals surface area contributed by atoms with Crippen molar-refractivity contribution >= 4 is 16.8 Å². The molecule has 4 heteroatoms. The Morgan fingerprint density at radius 1 is 1.45 bits per heavy atom. The van der Waals surface area contributed by atoms with Crippen LogP contribution >= 0.6 is 11.6 Å². The number of phenols is 1. The zero-order chi connectivity index (χ0) is 8.43. The first-order chi connectivity index (χ1) is 5.09. The van der Waals surface area contributed by atoms with E-state index in [2.05, 4.69) is 0 Å². The van der Waals surface area contributed by atoms with Gasteiger partial charge in [-0.25, -0.2) is 4.39 Å². The topological polar surface area (TPSA) is 37.3 Å². The van der Waals surface area contributed by atoms with E-state index in [0.717, 1.165) is 18.2 Å². The van der Waals surface area contributed by atoms with Gasteiger partial charge in [-0.15, -0.1) is 0 Å². The molecule has 1 aromatic rings. The van der Waals surface area contributed by atoms with E-state index in [1.54, 1.807) is 0 Å². The average molecular weight is 175 g/mol. The van der Waals surface area contributed by atoms with Crippen molar-refractivity contribution in [3.8, 4) is 5.75 Å². The minimum absolute atomic E-state index is 0.0517. The van der Waals surface area contributed by atoms with Crippen molar-refractivity contribution in [1.29, 1.82) is 0 Å². The van der Waals surface area contributed by atoms with Gasteiger partial charge in [0.2, 0.25) is 0 Å². The van der Waals surface area contributed by atoms with Gasteiger partial charge in [0.05, 0.1) is 0 Å². The number of carbonyl (C=O) groups excluding carboxylic acids is 1. The monoisotopic (exact) mass is 174 g/mol. The first kappa shape index (κ1) is 8.01. The molecule has 1 aromatic carbocycles. The number of benzene rings is 1. The Bertz CT molecular complexity index is 278. The summed E-state index contributed by atoms with van der Waals surface area (Å²) in [4.78, 5) is 10.4. The summed E-state index contributed by atoms with van der Waals surface area (Å²) in [6.07, 6.45) is 0. The zero-order valence-corrected chi connectivity index (χ0v) is 6.10. The minimum Gasteiger partial charge on any atom is -0.508 e. The molecule has 0 unspecified atom stereocenters. The summed E-state index contributed by atoms with van der Waals surface area (Å²) in [6, 6.07) is 2.94. The van der Waals surface area contributed by atoms with Crippen LogP contribution in [0.5, 0.6) is 5.75 Å². The van der Waals surface area contributed by atoms with E-state index >= 15 is 0 Å². The van der Waals surface area contributed by atoms with Gasteiger partial charge in [-0.05, 0) is 23.7 Å². The Hall–Kier alpha value is -1.09. The maximum absolute atomic E-state index is 12.4. The van der Waals surface area contributed by atoms with Gasteiger partial charge < -0.3 is 5.11 Å². The molecular weight excluding hydrogens is 171 g/mol. The maximum atomic E-state index is 12.4. The summed E-state index contributed by atoms with van der Waals surface area (Å²) in [5, 5.41) is 8.00. The van der Waals surface area contributed by atoms with Crippen molar-refractivity contribution in [2.45, 2.75) is 0 Å². The standard InChI is InChI=1S/C7H4ClFO2/c8-7(11)4-1-5(9)3-6(10)2-4/h1-3,10H. The summed E-state index contributed by atoms with van der Waals surface area (Å²) in [6.45, 7) is 0. The molecule has 11 heavy (non-hydrogen) atoms. The normalized spacial score (nSPS) is 9.64. The van der Waals surface area contributed by atoms with Crippen LogP contribution in [0.2, 0.25) is 0 Å². The third-order valence-corrected chi connectivity index (χ3v) is 1.33. The molecule has 0 amide bonds. The lowest BCUT2D eigenvalue weighted by Crippen LogP contribution is -1.89. The van der Waals surface area contributed by atoms with E-state index in [4.69, 9.17) is 16.7 Å². The van der Waals surface area contributed by atoms with Crippen LogP contribution in [0.15, 0.2) is 18.2 Å².